The van der Waals surface area contributed by atoms with Crippen LogP contribution in [0.15, 0.2) is 64.6 Å². The molecule has 0 saturated carbocycles. The highest BCUT2D eigenvalue weighted by atomic mass is 32.2. The number of benzene rings is 2. The van der Waals surface area contributed by atoms with Crippen LogP contribution in [-0.4, -0.2) is 25.1 Å². The number of ketones is 1. The smallest absolute Gasteiger partial charge is 0.205 e. The van der Waals surface area contributed by atoms with E-state index in [2.05, 4.69) is 0 Å². The van der Waals surface area contributed by atoms with Crippen LogP contribution in [0.4, 0.5) is 0 Å². The number of carbonyl (C=O) groups excluding carboxylic acids is 1. The normalized spacial score (nSPS) is 19.7. The standard InChI is InChI=1S/C21H22O4S/c1-14-4-10-18(11-5-14)26-19-13-24-15(2)21(20(19)22)25-12-16-6-8-17(23-3)9-7-16/h4-11,13,15,21H,12H2,1-3H3/t15-,21+/m0/s1. The number of aryl methyl sites for hydroxylation is 1. The van der Waals surface area contributed by atoms with Crippen molar-refractivity contribution >= 4 is 17.5 Å². The molecule has 1 aliphatic heterocycles. The minimum Gasteiger partial charge on any atom is -0.497 e. The molecule has 1 heterocycles. The van der Waals surface area contributed by atoms with Crippen molar-refractivity contribution in [3.8, 4) is 5.75 Å². The molecule has 3 rings (SSSR count). The number of hydrogen-bond acceptors (Lipinski definition) is 5. The second kappa shape index (κ2) is 8.43. The minimum atomic E-state index is -0.616. The van der Waals surface area contributed by atoms with Gasteiger partial charge in [0.25, 0.3) is 0 Å². The summed E-state index contributed by atoms with van der Waals surface area (Å²) in [5, 5.41) is 0. The minimum absolute atomic E-state index is 0.0390. The molecule has 0 fully saturated rings. The van der Waals surface area contributed by atoms with Crippen molar-refractivity contribution in [2.45, 2.75) is 37.6 Å². The molecule has 5 heteroatoms. The molecule has 0 spiro atoms. The first-order chi connectivity index (χ1) is 12.6. The molecule has 2 aromatic carbocycles. The maximum absolute atomic E-state index is 12.8. The van der Waals surface area contributed by atoms with Gasteiger partial charge in [-0.05, 0) is 43.7 Å². The summed E-state index contributed by atoms with van der Waals surface area (Å²) >= 11 is 1.40. The van der Waals surface area contributed by atoms with Gasteiger partial charge in [-0.2, -0.15) is 0 Å². The second-order valence-corrected chi connectivity index (χ2v) is 7.30. The van der Waals surface area contributed by atoms with Crippen molar-refractivity contribution in [1.82, 2.24) is 0 Å². The molecule has 0 bridgehead atoms. The Morgan fingerprint density at radius 2 is 1.77 bits per heavy atom. The Kier molecular flexibility index (Phi) is 6.01. The predicted octanol–water partition coefficient (Wildman–Crippen LogP) is 4.51. The van der Waals surface area contributed by atoms with E-state index in [1.807, 2.05) is 62.4 Å². The van der Waals surface area contributed by atoms with E-state index in [9.17, 15) is 4.79 Å². The molecular weight excluding hydrogens is 348 g/mol. The maximum Gasteiger partial charge on any atom is 0.205 e. The fraction of sp³-hybridized carbons (Fsp3) is 0.286. The highest BCUT2D eigenvalue weighted by Crippen LogP contribution is 2.32. The van der Waals surface area contributed by atoms with E-state index in [1.165, 1.54) is 17.3 Å². The Labute approximate surface area is 158 Å². The van der Waals surface area contributed by atoms with Gasteiger partial charge in [-0.15, -0.1) is 0 Å². The Morgan fingerprint density at radius 3 is 2.42 bits per heavy atom. The molecule has 0 N–H and O–H groups in total. The number of hydrogen-bond donors (Lipinski definition) is 0. The van der Waals surface area contributed by atoms with E-state index in [1.54, 1.807) is 13.4 Å². The summed E-state index contributed by atoms with van der Waals surface area (Å²) < 4.78 is 16.7. The topological polar surface area (TPSA) is 44.8 Å². The zero-order valence-corrected chi connectivity index (χ0v) is 15.9. The van der Waals surface area contributed by atoms with Crippen molar-refractivity contribution in [2.24, 2.45) is 0 Å². The van der Waals surface area contributed by atoms with Crippen LogP contribution in [0.1, 0.15) is 18.1 Å². The van der Waals surface area contributed by atoms with Crippen molar-refractivity contribution in [1.29, 1.82) is 0 Å². The van der Waals surface area contributed by atoms with Crippen LogP contribution in [0, 0.1) is 6.92 Å². The van der Waals surface area contributed by atoms with Gasteiger partial charge in [0.2, 0.25) is 5.78 Å². The van der Waals surface area contributed by atoms with E-state index in [-0.39, 0.29) is 11.9 Å². The molecule has 0 aromatic heterocycles. The molecular formula is C21H22O4S. The Morgan fingerprint density at radius 1 is 1.08 bits per heavy atom. The summed E-state index contributed by atoms with van der Waals surface area (Å²) in [6.07, 6.45) is 0.614. The van der Waals surface area contributed by atoms with E-state index < -0.39 is 6.10 Å². The highest BCUT2D eigenvalue weighted by molar-refractivity contribution is 8.04. The van der Waals surface area contributed by atoms with Crippen LogP contribution in [0.3, 0.4) is 0 Å². The van der Waals surface area contributed by atoms with Gasteiger partial charge in [-0.1, -0.05) is 41.6 Å². The van der Waals surface area contributed by atoms with Crippen molar-refractivity contribution < 1.29 is 19.0 Å². The SMILES string of the molecule is COc1ccc(CO[C@H]2C(=O)C(Sc3ccc(C)cc3)=CO[C@H]2C)cc1. The third-order valence-corrected chi connectivity index (χ3v) is 5.18. The summed E-state index contributed by atoms with van der Waals surface area (Å²) in [4.78, 5) is 14.4. The van der Waals surface area contributed by atoms with Crippen molar-refractivity contribution in [3.05, 3.63) is 70.8 Å². The number of rotatable bonds is 6. The highest BCUT2D eigenvalue weighted by Gasteiger charge is 2.34. The molecule has 1 aliphatic rings. The van der Waals surface area contributed by atoms with Gasteiger partial charge in [0, 0.05) is 4.90 Å². The van der Waals surface area contributed by atoms with Crippen LogP contribution in [0.5, 0.6) is 5.75 Å². The summed E-state index contributed by atoms with van der Waals surface area (Å²) in [6, 6.07) is 15.7. The molecule has 136 valence electrons. The van der Waals surface area contributed by atoms with Gasteiger partial charge in [0.1, 0.15) is 18.1 Å². The summed E-state index contributed by atoms with van der Waals surface area (Å²) in [6.45, 7) is 4.23. The molecule has 0 saturated heterocycles. The van der Waals surface area contributed by atoms with Crippen LogP contribution >= 0.6 is 11.8 Å². The van der Waals surface area contributed by atoms with Gasteiger partial charge in [-0.3, -0.25) is 4.79 Å². The lowest BCUT2D eigenvalue weighted by Gasteiger charge is -2.27. The molecule has 0 radical (unpaired) electrons. The lowest BCUT2D eigenvalue weighted by atomic mass is 10.1. The largest absolute Gasteiger partial charge is 0.497 e. The Bertz CT molecular complexity index is 781. The van der Waals surface area contributed by atoms with E-state index in [0.717, 1.165) is 16.2 Å². The summed E-state index contributed by atoms with van der Waals surface area (Å²) in [5.74, 6) is 0.752. The number of thioether (sulfide) groups is 1. The first-order valence-corrected chi connectivity index (χ1v) is 9.27. The summed E-state index contributed by atoms with van der Waals surface area (Å²) in [5.41, 5.74) is 2.16. The number of carbonyl (C=O) groups is 1. The lowest BCUT2D eigenvalue weighted by Crippen LogP contribution is -2.39. The molecule has 2 atom stereocenters. The zero-order valence-electron chi connectivity index (χ0n) is 15.1. The lowest BCUT2D eigenvalue weighted by molar-refractivity contribution is -0.137. The van der Waals surface area contributed by atoms with E-state index in [4.69, 9.17) is 14.2 Å². The van der Waals surface area contributed by atoms with Crippen LogP contribution in [-0.2, 0) is 20.9 Å². The summed E-state index contributed by atoms with van der Waals surface area (Å²) in [7, 11) is 1.63. The van der Waals surface area contributed by atoms with Crippen LogP contribution < -0.4 is 4.74 Å². The van der Waals surface area contributed by atoms with Crippen molar-refractivity contribution in [2.75, 3.05) is 7.11 Å². The molecule has 0 aliphatic carbocycles. The maximum atomic E-state index is 12.8. The fourth-order valence-electron chi connectivity index (χ4n) is 2.58. The second-order valence-electron chi connectivity index (χ2n) is 6.18. The molecule has 2 aromatic rings. The van der Waals surface area contributed by atoms with E-state index in [0.29, 0.717) is 11.5 Å². The number of Topliss-reactive ketones (excluding diaryl/α,β-unsaturated/α-hetero) is 1. The molecule has 26 heavy (non-hydrogen) atoms. The first-order valence-electron chi connectivity index (χ1n) is 8.45. The average Bonchev–Trinajstić information content (AvgIpc) is 2.66. The number of methoxy groups -OCH3 is 1. The third-order valence-electron chi connectivity index (χ3n) is 4.15. The van der Waals surface area contributed by atoms with Gasteiger partial charge < -0.3 is 14.2 Å². The monoisotopic (exact) mass is 370 g/mol. The Hall–Kier alpha value is -2.24. The predicted molar refractivity (Wildman–Crippen MR) is 102 cm³/mol. The fourth-order valence-corrected chi connectivity index (χ4v) is 3.43. The van der Waals surface area contributed by atoms with Gasteiger partial charge in [-0.25, -0.2) is 0 Å². The quantitative estimate of drug-likeness (QED) is 0.749. The Balaban J connectivity index is 1.64. The van der Waals surface area contributed by atoms with E-state index >= 15 is 0 Å². The molecule has 0 amide bonds. The first kappa shape index (κ1) is 18.5. The van der Waals surface area contributed by atoms with Crippen molar-refractivity contribution in [3.63, 3.8) is 0 Å². The number of ether oxygens (including phenoxy) is 3. The van der Waals surface area contributed by atoms with Gasteiger partial charge in [0.15, 0.2) is 6.10 Å². The zero-order chi connectivity index (χ0) is 18.5. The average molecular weight is 370 g/mol. The molecule has 0 unspecified atom stereocenters. The van der Waals surface area contributed by atoms with Crippen LogP contribution in [0.2, 0.25) is 0 Å². The molecule has 4 nitrogen and oxygen atoms in total. The van der Waals surface area contributed by atoms with Gasteiger partial charge >= 0.3 is 0 Å². The van der Waals surface area contributed by atoms with Crippen LogP contribution in [0.25, 0.3) is 0 Å². The van der Waals surface area contributed by atoms with Gasteiger partial charge in [0.05, 0.1) is 18.6 Å². The third kappa shape index (κ3) is 4.48.